The Balaban J connectivity index is 2.65. The zero-order chi connectivity index (χ0) is 13.8. The van der Waals surface area contributed by atoms with Crippen molar-refractivity contribution in [3.63, 3.8) is 0 Å². The van der Waals surface area contributed by atoms with E-state index in [1.807, 2.05) is 0 Å². The normalized spacial score (nSPS) is 11.5. The molecule has 0 aliphatic rings. The molecule has 0 aromatic carbocycles. The number of nitrogens with zero attached hydrogens (tertiary/aromatic N) is 2. The van der Waals surface area contributed by atoms with Gasteiger partial charge < -0.3 is 14.4 Å². The highest BCUT2D eigenvalue weighted by Gasteiger charge is 2.11. The first kappa shape index (κ1) is 14.7. The zero-order valence-electron chi connectivity index (χ0n) is 10.3. The van der Waals surface area contributed by atoms with Crippen LogP contribution in [-0.2, 0) is 16.9 Å². The number of sulfone groups is 1. The maximum Gasteiger partial charge on any atom is 0.350 e. The number of ether oxygens (including phenoxy) is 1. The van der Waals surface area contributed by atoms with E-state index in [4.69, 9.17) is 9.84 Å². The summed E-state index contributed by atoms with van der Waals surface area (Å²) < 4.78 is 29.1. The lowest BCUT2D eigenvalue weighted by Crippen LogP contribution is -2.23. The van der Waals surface area contributed by atoms with Gasteiger partial charge in [-0.05, 0) is 6.92 Å². The maximum atomic E-state index is 11.3. The summed E-state index contributed by atoms with van der Waals surface area (Å²) in [4.78, 5) is 15.0. The van der Waals surface area contributed by atoms with Gasteiger partial charge in [0, 0.05) is 18.8 Å². The number of hydrogen-bond acceptors (Lipinski definition) is 6. The molecule has 18 heavy (non-hydrogen) atoms. The van der Waals surface area contributed by atoms with Crippen LogP contribution in [0.5, 0.6) is 5.88 Å². The highest BCUT2D eigenvalue weighted by molar-refractivity contribution is 7.91. The van der Waals surface area contributed by atoms with Crippen LogP contribution in [0.3, 0.4) is 0 Å². The van der Waals surface area contributed by atoms with Gasteiger partial charge in [-0.2, -0.15) is 4.98 Å². The average molecular weight is 276 g/mol. The molecule has 0 atom stereocenters. The fourth-order valence-electron chi connectivity index (χ4n) is 1.31. The van der Waals surface area contributed by atoms with Crippen LogP contribution in [0, 0.1) is 6.92 Å². The molecule has 0 spiro atoms. The van der Waals surface area contributed by atoms with Gasteiger partial charge in [-0.1, -0.05) is 0 Å². The molecule has 0 radical (unpaired) electrons. The first-order valence-corrected chi connectivity index (χ1v) is 7.16. The second-order valence-corrected chi connectivity index (χ2v) is 6.15. The Hall–Kier alpha value is -1.41. The van der Waals surface area contributed by atoms with E-state index >= 15 is 0 Å². The molecular weight excluding hydrogens is 260 g/mol. The van der Waals surface area contributed by atoms with Gasteiger partial charge in [0.25, 0.3) is 0 Å². The quantitative estimate of drug-likeness (QED) is 0.706. The number of rotatable bonds is 6. The Morgan fingerprint density at radius 2 is 2.11 bits per heavy atom. The molecule has 0 aliphatic carbocycles. The molecule has 0 unspecified atom stereocenters. The molecule has 1 heterocycles. The van der Waals surface area contributed by atoms with E-state index in [0.29, 0.717) is 5.56 Å². The largest absolute Gasteiger partial charge is 0.476 e. The van der Waals surface area contributed by atoms with E-state index in [9.17, 15) is 13.2 Å². The lowest BCUT2D eigenvalue weighted by molar-refractivity contribution is 0.313. The molecule has 1 rings (SSSR count). The van der Waals surface area contributed by atoms with Crippen LogP contribution in [0.25, 0.3) is 0 Å². The number of hydrogen-bond donors (Lipinski definition) is 1. The summed E-state index contributed by atoms with van der Waals surface area (Å²) in [7, 11) is -1.75. The van der Waals surface area contributed by atoms with Crippen LogP contribution >= 0.6 is 0 Å². The minimum atomic E-state index is -3.32. The lowest BCUT2D eigenvalue weighted by Gasteiger charge is -2.08. The third-order valence-electron chi connectivity index (χ3n) is 2.26. The van der Waals surface area contributed by atoms with Crippen molar-refractivity contribution >= 4 is 9.84 Å². The molecule has 0 aliphatic heterocycles. The lowest BCUT2D eigenvalue weighted by atomic mass is 10.4. The third kappa shape index (κ3) is 4.11. The number of aliphatic hydroxyl groups excluding tert-OH is 1. The standard InChI is InChI=1S/C10H16N2O5S/c1-8-7-12(2)10(14)11-9(8)17-4-6-18(15,16)5-3-13/h7,13H,3-6H2,1-2H3. The average Bonchev–Trinajstić information content (AvgIpc) is 2.25. The van der Waals surface area contributed by atoms with Crippen molar-refractivity contribution in [2.24, 2.45) is 7.05 Å². The molecule has 1 aromatic rings. The Kier molecular flexibility index (Phi) is 4.85. The summed E-state index contributed by atoms with van der Waals surface area (Å²) in [5, 5.41) is 8.55. The van der Waals surface area contributed by atoms with Crippen molar-refractivity contribution in [1.29, 1.82) is 0 Å². The smallest absolute Gasteiger partial charge is 0.350 e. The van der Waals surface area contributed by atoms with Crippen LogP contribution in [0.2, 0.25) is 0 Å². The number of aryl methyl sites for hydroxylation is 2. The Labute approximate surface area is 105 Å². The summed E-state index contributed by atoms with van der Waals surface area (Å²) in [5.74, 6) is -0.374. The first-order chi connectivity index (χ1) is 8.35. The minimum Gasteiger partial charge on any atom is -0.476 e. The Bertz CT molecular complexity index is 564. The first-order valence-electron chi connectivity index (χ1n) is 5.34. The van der Waals surface area contributed by atoms with E-state index in [-0.39, 0.29) is 24.0 Å². The van der Waals surface area contributed by atoms with Crippen molar-refractivity contribution in [1.82, 2.24) is 9.55 Å². The summed E-state index contributed by atoms with van der Waals surface area (Å²) in [6.07, 6.45) is 1.56. The van der Waals surface area contributed by atoms with Crippen LogP contribution in [0.15, 0.2) is 11.0 Å². The summed E-state index contributed by atoms with van der Waals surface area (Å²) in [6.45, 7) is 1.21. The van der Waals surface area contributed by atoms with Gasteiger partial charge in [0.05, 0.1) is 18.1 Å². The molecule has 0 amide bonds. The second-order valence-electron chi connectivity index (χ2n) is 3.85. The summed E-state index contributed by atoms with van der Waals surface area (Å²) in [6, 6.07) is 0. The van der Waals surface area contributed by atoms with Gasteiger partial charge in [-0.25, -0.2) is 13.2 Å². The van der Waals surface area contributed by atoms with Gasteiger partial charge in [0.2, 0.25) is 5.88 Å². The van der Waals surface area contributed by atoms with E-state index in [0.717, 1.165) is 0 Å². The SMILES string of the molecule is Cc1cn(C)c(=O)nc1OCCS(=O)(=O)CCO. The van der Waals surface area contributed by atoms with Crippen molar-refractivity contribution in [2.45, 2.75) is 6.92 Å². The highest BCUT2D eigenvalue weighted by Crippen LogP contribution is 2.10. The zero-order valence-corrected chi connectivity index (χ0v) is 11.1. The predicted octanol–water partition coefficient (Wildman–Crippen LogP) is -1.13. The molecule has 0 fully saturated rings. The van der Waals surface area contributed by atoms with Crippen molar-refractivity contribution in [3.8, 4) is 5.88 Å². The van der Waals surface area contributed by atoms with Gasteiger partial charge in [0.1, 0.15) is 6.61 Å². The summed E-state index contributed by atoms with van der Waals surface area (Å²) >= 11 is 0. The predicted molar refractivity (Wildman–Crippen MR) is 65.4 cm³/mol. The number of aromatic nitrogens is 2. The van der Waals surface area contributed by atoms with Crippen molar-refractivity contribution in [2.75, 3.05) is 24.7 Å². The molecule has 8 heteroatoms. The van der Waals surface area contributed by atoms with Crippen LogP contribution in [-0.4, -0.2) is 47.8 Å². The summed E-state index contributed by atoms with van der Waals surface area (Å²) in [5.41, 5.74) is 0.186. The molecule has 0 saturated carbocycles. The monoisotopic (exact) mass is 276 g/mol. The fourth-order valence-corrected chi connectivity index (χ4v) is 2.13. The molecule has 102 valence electrons. The molecule has 0 bridgehead atoms. The molecule has 1 N–H and O–H groups in total. The Morgan fingerprint density at radius 1 is 1.44 bits per heavy atom. The Morgan fingerprint density at radius 3 is 2.72 bits per heavy atom. The van der Waals surface area contributed by atoms with Gasteiger partial charge in [-0.3, -0.25) is 0 Å². The van der Waals surface area contributed by atoms with E-state index in [1.165, 1.54) is 4.57 Å². The van der Waals surface area contributed by atoms with Gasteiger partial charge in [-0.15, -0.1) is 0 Å². The van der Waals surface area contributed by atoms with Crippen LogP contribution in [0.1, 0.15) is 5.56 Å². The molecular formula is C10H16N2O5S. The number of aliphatic hydroxyl groups is 1. The van der Waals surface area contributed by atoms with Crippen molar-refractivity contribution in [3.05, 3.63) is 22.2 Å². The van der Waals surface area contributed by atoms with Crippen LogP contribution in [0.4, 0.5) is 0 Å². The second kappa shape index (κ2) is 5.96. The molecule has 1 aromatic heterocycles. The maximum absolute atomic E-state index is 11.3. The van der Waals surface area contributed by atoms with Crippen molar-refractivity contribution < 1.29 is 18.3 Å². The van der Waals surface area contributed by atoms with E-state index in [2.05, 4.69) is 4.98 Å². The topological polar surface area (TPSA) is 98.5 Å². The third-order valence-corrected chi connectivity index (χ3v) is 3.85. The van der Waals surface area contributed by atoms with Gasteiger partial charge >= 0.3 is 5.69 Å². The highest BCUT2D eigenvalue weighted by atomic mass is 32.2. The van der Waals surface area contributed by atoms with E-state index < -0.39 is 22.1 Å². The minimum absolute atomic E-state index is 0.0939. The fraction of sp³-hybridized carbons (Fsp3) is 0.600. The van der Waals surface area contributed by atoms with Crippen LogP contribution < -0.4 is 10.4 Å². The van der Waals surface area contributed by atoms with Gasteiger partial charge in [0.15, 0.2) is 9.84 Å². The molecule has 0 saturated heterocycles. The molecule has 7 nitrogen and oxygen atoms in total. The van der Waals surface area contributed by atoms with E-state index in [1.54, 1.807) is 20.2 Å².